The Bertz CT molecular complexity index is 372. The molecule has 0 unspecified atom stereocenters. The molecule has 1 aromatic rings. The number of aromatic hydroxyl groups is 1. The molecule has 82 valence electrons. The van der Waals surface area contributed by atoms with E-state index in [9.17, 15) is 9.90 Å². The van der Waals surface area contributed by atoms with Gasteiger partial charge < -0.3 is 19.3 Å². The topological polar surface area (TPSA) is 65.0 Å². The summed E-state index contributed by atoms with van der Waals surface area (Å²) in [4.78, 5) is 11.3. The van der Waals surface area contributed by atoms with Crippen LogP contribution in [0.3, 0.4) is 0 Å². The molecule has 1 N–H and O–H groups in total. The van der Waals surface area contributed by atoms with Crippen LogP contribution in [0.15, 0.2) is 12.1 Å². The molecule has 0 spiro atoms. The van der Waals surface area contributed by atoms with E-state index in [0.717, 1.165) is 0 Å². The van der Waals surface area contributed by atoms with E-state index < -0.39 is 5.97 Å². The number of methoxy groups -OCH3 is 3. The lowest BCUT2D eigenvalue weighted by molar-refractivity contribution is 0.0596. The second kappa shape index (κ2) is 4.54. The van der Waals surface area contributed by atoms with Crippen LogP contribution in [0.4, 0.5) is 0 Å². The number of rotatable bonds is 3. The molecule has 0 radical (unpaired) electrons. The minimum Gasteiger partial charge on any atom is -0.504 e. The van der Waals surface area contributed by atoms with Crippen LogP contribution < -0.4 is 9.47 Å². The van der Waals surface area contributed by atoms with E-state index in [1.54, 1.807) is 0 Å². The number of carbonyl (C=O) groups excluding carboxylic acids is 1. The highest BCUT2D eigenvalue weighted by Crippen LogP contribution is 2.39. The van der Waals surface area contributed by atoms with Gasteiger partial charge in [0.05, 0.1) is 21.3 Å². The predicted molar refractivity (Wildman–Crippen MR) is 52.6 cm³/mol. The molecule has 5 nitrogen and oxygen atoms in total. The van der Waals surface area contributed by atoms with Crippen molar-refractivity contribution >= 4 is 5.97 Å². The number of phenols is 1. The molecule has 0 aliphatic heterocycles. The Morgan fingerprint density at radius 3 is 2.20 bits per heavy atom. The maximum atomic E-state index is 11.3. The van der Waals surface area contributed by atoms with Gasteiger partial charge in [0.15, 0.2) is 11.5 Å². The van der Waals surface area contributed by atoms with Gasteiger partial charge in [-0.1, -0.05) is 0 Å². The lowest BCUT2D eigenvalue weighted by atomic mass is 10.1. The first-order chi connectivity index (χ1) is 7.15. The van der Waals surface area contributed by atoms with Gasteiger partial charge in [0, 0.05) is 0 Å². The molecular weight excluding hydrogens is 200 g/mol. The van der Waals surface area contributed by atoms with Crippen LogP contribution in [0, 0.1) is 0 Å². The van der Waals surface area contributed by atoms with Crippen molar-refractivity contribution in [3.8, 4) is 17.2 Å². The van der Waals surface area contributed by atoms with Crippen LogP contribution in [-0.2, 0) is 4.74 Å². The number of carbonyl (C=O) groups is 1. The number of hydrogen-bond acceptors (Lipinski definition) is 5. The van der Waals surface area contributed by atoms with Crippen molar-refractivity contribution < 1.29 is 24.1 Å². The number of esters is 1. The van der Waals surface area contributed by atoms with Gasteiger partial charge in [0.2, 0.25) is 5.75 Å². The molecule has 0 aliphatic carbocycles. The average Bonchev–Trinajstić information content (AvgIpc) is 2.27. The predicted octanol–water partition coefficient (Wildman–Crippen LogP) is 1.20. The van der Waals surface area contributed by atoms with Crippen molar-refractivity contribution in [2.75, 3.05) is 21.3 Å². The Hall–Kier alpha value is -1.91. The van der Waals surface area contributed by atoms with Crippen LogP contribution in [-0.4, -0.2) is 32.4 Å². The Kier molecular flexibility index (Phi) is 3.38. The van der Waals surface area contributed by atoms with E-state index in [2.05, 4.69) is 4.74 Å². The van der Waals surface area contributed by atoms with Gasteiger partial charge in [0.25, 0.3) is 0 Å². The highest BCUT2D eigenvalue weighted by Gasteiger charge is 2.19. The molecule has 15 heavy (non-hydrogen) atoms. The Balaban J connectivity index is 3.35. The molecule has 0 aromatic heterocycles. The third-order valence-corrected chi connectivity index (χ3v) is 1.90. The minimum absolute atomic E-state index is 0.0954. The lowest BCUT2D eigenvalue weighted by Gasteiger charge is -2.12. The van der Waals surface area contributed by atoms with Gasteiger partial charge in [0.1, 0.15) is 5.56 Å². The SMILES string of the molecule is COC(=O)c1ccc(O)c(OC)c1OC. The van der Waals surface area contributed by atoms with Gasteiger partial charge in [-0.15, -0.1) is 0 Å². The molecule has 0 atom stereocenters. The van der Waals surface area contributed by atoms with Gasteiger partial charge in [-0.3, -0.25) is 0 Å². The third-order valence-electron chi connectivity index (χ3n) is 1.90. The van der Waals surface area contributed by atoms with E-state index in [0.29, 0.717) is 0 Å². The zero-order valence-corrected chi connectivity index (χ0v) is 8.73. The molecule has 0 amide bonds. The summed E-state index contributed by atoms with van der Waals surface area (Å²) in [6.45, 7) is 0. The Morgan fingerprint density at radius 1 is 1.13 bits per heavy atom. The summed E-state index contributed by atoms with van der Waals surface area (Å²) in [5, 5.41) is 9.44. The third kappa shape index (κ3) is 1.96. The molecule has 1 aromatic carbocycles. The Labute approximate surface area is 87.2 Å². The number of phenolic OH excluding ortho intramolecular Hbond substituents is 1. The van der Waals surface area contributed by atoms with Crippen molar-refractivity contribution in [3.05, 3.63) is 17.7 Å². The normalized spacial score (nSPS) is 9.53. The highest BCUT2D eigenvalue weighted by molar-refractivity contribution is 5.94. The zero-order valence-electron chi connectivity index (χ0n) is 8.73. The van der Waals surface area contributed by atoms with Crippen molar-refractivity contribution in [2.45, 2.75) is 0 Å². The molecule has 5 heteroatoms. The van der Waals surface area contributed by atoms with E-state index in [-0.39, 0.29) is 22.8 Å². The molecule has 0 fully saturated rings. The second-order valence-corrected chi connectivity index (χ2v) is 2.69. The van der Waals surface area contributed by atoms with Gasteiger partial charge in [-0.05, 0) is 12.1 Å². The fourth-order valence-corrected chi connectivity index (χ4v) is 1.22. The monoisotopic (exact) mass is 212 g/mol. The summed E-state index contributed by atoms with van der Waals surface area (Å²) in [7, 11) is 4.02. The molecule has 0 aliphatic rings. The highest BCUT2D eigenvalue weighted by atomic mass is 16.5. The van der Waals surface area contributed by atoms with Crippen LogP contribution in [0.5, 0.6) is 17.2 Å². The molecule has 0 saturated carbocycles. The maximum Gasteiger partial charge on any atom is 0.341 e. The first-order valence-corrected chi connectivity index (χ1v) is 4.18. The van der Waals surface area contributed by atoms with Gasteiger partial charge in [-0.2, -0.15) is 0 Å². The number of benzene rings is 1. The largest absolute Gasteiger partial charge is 0.504 e. The van der Waals surface area contributed by atoms with E-state index in [4.69, 9.17) is 9.47 Å². The van der Waals surface area contributed by atoms with Crippen molar-refractivity contribution in [2.24, 2.45) is 0 Å². The first-order valence-electron chi connectivity index (χ1n) is 4.18. The van der Waals surface area contributed by atoms with Gasteiger partial charge in [-0.25, -0.2) is 4.79 Å². The van der Waals surface area contributed by atoms with Crippen LogP contribution in [0.1, 0.15) is 10.4 Å². The van der Waals surface area contributed by atoms with Gasteiger partial charge >= 0.3 is 5.97 Å². The maximum absolute atomic E-state index is 11.3. The van der Waals surface area contributed by atoms with Crippen molar-refractivity contribution in [1.82, 2.24) is 0 Å². The first kappa shape index (κ1) is 11.2. The summed E-state index contributed by atoms with van der Waals surface area (Å²) in [6, 6.07) is 2.75. The van der Waals surface area contributed by atoms with Crippen molar-refractivity contribution in [3.63, 3.8) is 0 Å². The second-order valence-electron chi connectivity index (χ2n) is 2.69. The fraction of sp³-hybridized carbons (Fsp3) is 0.300. The summed E-state index contributed by atoms with van der Waals surface area (Å²) in [6.07, 6.45) is 0. The molecule has 0 saturated heterocycles. The molecule has 0 bridgehead atoms. The van der Waals surface area contributed by atoms with E-state index in [1.807, 2.05) is 0 Å². The Morgan fingerprint density at radius 2 is 1.73 bits per heavy atom. The van der Waals surface area contributed by atoms with Crippen LogP contribution in [0.2, 0.25) is 0 Å². The van der Waals surface area contributed by atoms with Crippen LogP contribution in [0.25, 0.3) is 0 Å². The molecular formula is C10H12O5. The standard InChI is InChI=1S/C10H12O5/c1-13-8-6(10(12)15-3)4-5-7(11)9(8)14-2/h4-5,11H,1-3H3. The van der Waals surface area contributed by atoms with Crippen molar-refractivity contribution in [1.29, 1.82) is 0 Å². The van der Waals surface area contributed by atoms with Crippen LogP contribution >= 0.6 is 0 Å². The summed E-state index contributed by atoms with van der Waals surface area (Å²) < 4.78 is 14.5. The number of hydrogen-bond donors (Lipinski definition) is 1. The van der Waals surface area contributed by atoms with E-state index >= 15 is 0 Å². The minimum atomic E-state index is -0.551. The summed E-state index contributed by atoms with van der Waals surface area (Å²) in [5.41, 5.74) is 0.203. The lowest BCUT2D eigenvalue weighted by Crippen LogP contribution is -2.05. The number of ether oxygens (including phenoxy) is 3. The summed E-state index contributed by atoms with van der Waals surface area (Å²) in [5.74, 6) is -0.378. The average molecular weight is 212 g/mol. The smallest absolute Gasteiger partial charge is 0.341 e. The quantitative estimate of drug-likeness (QED) is 0.762. The fourth-order valence-electron chi connectivity index (χ4n) is 1.22. The molecule has 0 heterocycles. The molecule has 1 rings (SSSR count). The zero-order chi connectivity index (χ0) is 11.4. The van der Waals surface area contributed by atoms with E-state index in [1.165, 1.54) is 33.5 Å². The summed E-state index contributed by atoms with van der Waals surface area (Å²) >= 11 is 0.